The minimum atomic E-state index is -0.156. The molecule has 0 saturated carbocycles. The number of Topliss-reactive ketones (excluding diaryl/α,β-unsaturated/α-hetero) is 1. The number of carbonyl (C=O) groups is 2. The quantitative estimate of drug-likeness (QED) is 0.569. The van der Waals surface area contributed by atoms with Gasteiger partial charge in [-0.1, -0.05) is 31.9 Å². The molecule has 126 valence electrons. The molecule has 5 heteroatoms. The van der Waals surface area contributed by atoms with Crippen molar-refractivity contribution in [3.8, 4) is 0 Å². The number of hydrogen-bond acceptors (Lipinski definition) is 4. The second-order valence-corrected chi connectivity index (χ2v) is 5.66. The third kappa shape index (κ3) is 5.19. The van der Waals surface area contributed by atoms with Gasteiger partial charge in [-0.3, -0.25) is 9.59 Å². The van der Waals surface area contributed by atoms with Gasteiger partial charge in [-0.05, 0) is 37.6 Å². The summed E-state index contributed by atoms with van der Waals surface area (Å²) in [4.78, 5) is 27.6. The molecule has 5 nitrogen and oxygen atoms in total. The van der Waals surface area contributed by atoms with Gasteiger partial charge in [0.15, 0.2) is 5.78 Å². The largest absolute Gasteiger partial charge is 0.354 e. The maximum absolute atomic E-state index is 12.0. The highest BCUT2D eigenvalue weighted by atomic mass is 16.1. The minimum absolute atomic E-state index is 0.0202. The number of amides is 1. The van der Waals surface area contributed by atoms with E-state index in [4.69, 9.17) is 0 Å². The molecule has 0 fully saturated rings. The van der Waals surface area contributed by atoms with Gasteiger partial charge in [0.25, 0.3) is 5.91 Å². The molecule has 1 aromatic heterocycles. The van der Waals surface area contributed by atoms with E-state index in [1.165, 1.54) is 6.92 Å². The molecule has 0 bridgehead atoms. The molecule has 2 N–H and O–H groups in total. The van der Waals surface area contributed by atoms with E-state index in [0.717, 1.165) is 30.6 Å². The molecule has 0 aliphatic carbocycles. The van der Waals surface area contributed by atoms with Gasteiger partial charge in [-0.2, -0.15) is 0 Å². The molecule has 2 aromatic rings. The molecular formula is C19H23N3O2. The summed E-state index contributed by atoms with van der Waals surface area (Å²) in [5.74, 6) is -0.136. The minimum Gasteiger partial charge on any atom is -0.354 e. The van der Waals surface area contributed by atoms with E-state index >= 15 is 0 Å². The topological polar surface area (TPSA) is 71.1 Å². The van der Waals surface area contributed by atoms with Gasteiger partial charge in [0.2, 0.25) is 0 Å². The molecule has 1 aromatic carbocycles. The van der Waals surface area contributed by atoms with Gasteiger partial charge in [0, 0.05) is 17.8 Å². The van der Waals surface area contributed by atoms with Gasteiger partial charge < -0.3 is 10.6 Å². The Kier molecular flexibility index (Phi) is 6.49. The van der Waals surface area contributed by atoms with Crippen molar-refractivity contribution >= 4 is 23.1 Å². The van der Waals surface area contributed by atoms with Crippen LogP contribution in [0, 0.1) is 0 Å². The normalized spacial score (nSPS) is 10.2. The summed E-state index contributed by atoms with van der Waals surface area (Å²) in [5.41, 5.74) is 2.62. The Morgan fingerprint density at radius 3 is 2.58 bits per heavy atom. The number of benzene rings is 1. The predicted octanol–water partition coefficient (Wildman–Crippen LogP) is 3.95. The van der Waals surface area contributed by atoms with Crippen molar-refractivity contribution in [1.82, 2.24) is 10.3 Å². The lowest BCUT2D eigenvalue weighted by atomic mass is 10.1. The number of nitrogens with one attached hydrogen (secondary N) is 2. The van der Waals surface area contributed by atoms with Crippen LogP contribution in [0.2, 0.25) is 0 Å². The predicted molar refractivity (Wildman–Crippen MR) is 95.8 cm³/mol. The van der Waals surface area contributed by atoms with Crippen LogP contribution in [0.15, 0.2) is 42.6 Å². The number of nitrogens with zero attached hydrogens (tertiary/aromatic N) is 1. The zero-order valence-electron chi connectivity index (χ0n) is 14.1. The maximum Gasteiger partial charge on any atom is 0.269 e. The smallest absolute Gasteiger partial charge is 0.269 e. The number of rotatable bonds is 8. The number of hydrogen-bond donors (Lipinski definition) is 2. The summed E-state index contributed by atoms with van der Waals surface area (Å²) in [6.07, 6.45) is 4.82. The summed E-state index contributed by atoms with van der Waals surface area (Å²) in [6, 6.07) is 10.8. The maximum atomic E-state index is 12.0. The average molecular weight is 325 g/mol. The molecule has 2 rings (SSSR count). The number of carbonyl (C=O) groups excluding carboxylic acids is 2. The zero-order valence-corrected chi connectivity index (χ0v) is 14.1. The average Bonchev–Trinajstić information content (AvgIpc) is 2.59. The fourth-order valence-electron chi connectivity index (χ4n) is 2.25. The lowest BCUT2D eigenvalue weighted by Crippen LogP contribution is -2.25. The van der Waals surface area contributed by atoms with E-state index in [1.54, 1.807) is 30.5 Å². The molecule has 0 atom stereocenters. The van der Waals surface area contributed by atoms with Crippen molar-refractivity contribution in [1.29, 1.82) is 0 Å². The van der Waals surface area contributed by atoms with Crippen molar-refractivity contribution in [3.63, 3.8) is 0 Å². The lowest BCUT2D eigenvalue weighted by molar-refractivity contribution is 0.0947. The van der Waals surface area contributed by atoms with E-state index in [0.29, 0.717) is 17.8 Å². The first kappa shape index (κ1) is 17.7. The van der Waals surface area contributed by atoms with Crippen molar-refractivity contribution in [2.45, 2.75) is 33.1 Å². The Bertz CT molecular complexity index is 696. The fraction of sp³-hybridized carbons (Fsp3) is 0.316. The second-order valence-electron chi connectivity index (χ2n) is 5.66. The highest BCUT2D eigenvalue weighted by Gasteiger charge is 2.06. The molecular weight excluding hydrogens is 302 g/mol. The van der Waals surface area contributed by atoms with Crippen LogP contribution in [0.1, 0.15) is 54.0 Å². The SMILES string of the molecule is CCCCCNC(=O)c1ccc(Nc2cccc(C(C)=O)c2)cn1. The van der Waals surface area contributed by atoms with Crippen LogP contribution in [0.3, 0.4) is 0 Å². The Balaban J connectivity index is 1.95. The van der Waals surface area contributed by atoms with Crippen LogP contribution in [0.4, 0.5) is 11.4 Å². The van der Waals surface area contributed by atoms with Crippen LogP contribution < -0.4 is 10.6 Å². The van der Waals surface area contributed by atoms with Crippen molar-refractivity contribution in [3.05, 3.63) is 53.9 Å². The number of aromatic nitrogens is 1. The van der Waals surface area contributed by atoms with Crippen molar-refractivity contribution in [2.75, 3.05) is 11.9 Å². The van der Waals surface area contributed by atoms with E-state index in [9.17, 15) is 9.59 Å². The highest BCUT2D eigenvalue weighted by Crippen LogP contribution is 2.17. The van der Waals surface area contributed by atoms with E-state index in [-0.39, 0.29) is 11.7 Å². The van der Waals surface area contributed by atoms with Gasteiger partial charge in [-0.15, -0.1) is 0 Å². The van der Waals surface area contributed by atoms with Crippen molar-refractivity contribution < 1.29 is 9.59 Å². The number of unbranched alkanes of at least 4 members (excludes halogenated alkanes) is 2. The van der Waals surface area contributed by atoms with Gasteiger partial charge in [0.1, 0.15) is 5.69 Å². The Labute approximate surface area is 142 Å². The van der Waals surface area contributed by atoms with Crippen LogP contribution in [0.5, 0.6) is 0 Å². The Morgan fingerprint density at radius 2 is 1.92 bits per heavy atom. The van der Waals surface area contributed by atoms with Gasteiger partial charge in [0.05, 0.1) is 11.9 Å². The Morgan fingerprint density at radius 1 is 1.08 bits per heavy atom. The summed E-state index contributed by atoms with van der Waals surface area (Å²) in [6.45, 7) is 4.34. The summed E-state index contributed by atoms with van der Waals surface area (Å²) in [5, 5.41) is 6.04. The van der Waals surface area contributed by atoms with Crippen LogP contribution in [-0.2, 0) is 0 Å². The molecule has 0 unspecified atom stereocenters. The zero-order chi connectivity index (χ0) is 17.4. The first-order valence-electron chi connectivity index (χ1n) is 8.22. The van der Waals surface area contributed by atoms with Gasteiger partial charge >= 0.3 is 0 Å². The first-order chi connectivity index (χ1) is 11.6. The third-order valence-corrected chi connectivity index (χ3v) is 3.62. The lowest BCUT2D eigenvalue weighted by Gasteiger charge is -2.08. The van der Waals surface area contributed by atoms with E-state index in [2.05, 4.69) is 22.5 Å². The second kappa shape index (κ2) is 8.82. The van der Waals surface area contributed by atoms with Gasteiger partial charge in [-0.25, -0.2) is 4.98 Å². The molecule has 24 heavy (non-hydrogen) atoms. The summed E-state index contributed by atoms with van der Waals surface area (Å²) in [7, 11) is 0. The standard InChI is InChI=1S/C19H23N3O2/c1-3-4-5-11-20-19(24)18-10-9-17(13-21-18)22-16-8-6-7-15(12-16)14(2)23/h6-10,12-13,22H,3-5,11H2,1-2H3,(H,20,24). The van der Waals surface area contributed by atoms with Crippen LogP contribution >= 0.6 is 0 Å². The van der Waals surface area contributed by atoms with E-state index < -0.39 is 0 Å². The molecule has 1 heterocycles. The fourth-order valence-corrected chi connectivity index (χ4v) is 2.25. The molecule has 0 radical (unpaired) electrons. The highest BCUT2D eigenvalue weighted by molar-refractivity contribution is 5.95. The summed E-state index contributed by atoms with van der Waals surface area (Å²) < 4.78 is 0. The molecule has 0 aliphatic heterocycles. The summed E-state index contributed by atoms with van der Waals surface area (Å²) >= 11 is 0. The molecule has 0 saturated heterocycles. The van der Waals surface area contributed by atoms with Crippen LogP contribution in [-0.4, -0.2) is 23.2 Å². The van der Waals surface area contributed by atoms with Crippen LogP contribution in [0.25, 0.3) is 0 Å². The molecule has 1 amide bonds. The Hall–Kier alpha value is -2.69. The van der Waals surface area contributed by atoms with E-state index in [1.807, 2.05) is 12.1 Å². The number of anilines is 2. The number of pyridine rings is 1. The monoisotopic (exact) mass is 325 g/mol. The van der Waals surface area contributed by atoms with Crippen molar-refractivity contribution in [2.24, 2.45) is 0 Å². The number of ketones is 1. The molecule has 0 spiro atoms. The third-order valence-electron chi connectivity index (χ3n) is 3.62. The first-order valence-corrected chi connectivity index (χ1v) is 8.22. The molecule has 0 aliphatic rings.